The maximum atomic E-state index is 12.6. The van der Waals surface area contributed by atoms with Gasteiger partial charge in [-0.2, -0.15) is 26.3 Å². The third-order valence-corrected chi connectivity index (χ3v) is 4.54. The van der Waals surface area contributed by atoms with Gasteiger partial charge in [0.05, 0.1) is 12.6 Å². The van der Waals surface area contributed by atoms with Crippen molar-refractivity contribution in [2.24, 2.45) is 5.92 Å². The number of amides is 2. The van der Waals surface area contributed by atoms with E-state index in [2.05, 4.69) is 9.47 Å². The molecule has 2 atom stereocenters. The van der Waals surface area contributed by atoms with Gasteiger partial charge in [-0.25, -0.2) is 4.79 Å². The molecule has 2 aliphatic rings. The molecule has 0 N–H and O–H groups in total. The fraction of sp³-hybridized carbons (Fsp3) is 0.588. The van der Waals surface area contributed by atoms with Gasteiger partial charge in [-0.1, -0.05) is 0 Å². The van der Waals surface area contributed by atoms with E-state index in [9.17, 15) is 31.1 Å². The van der Waals surface area contributed by atoms with Crippen LogP contribution in [0.15, 0.2) is 24.3 Å². The summed E-state index contributed by atoms with van der Waals surface area (Å²) in [5, 5.41) is 0. The zero-order chi connectivity index (χ0) is 20.5. The van der Waals surface area contributed by atoms with Crippen LogP contribution in [0, 0.1) is 5.92 Å². The van der Waals surface area contributed by atoms with Crippen molar-refractivity contribution < 1.29 is 40.6 Å². The summed E-state index contributed by atoms with van der Waals surface area (Å²) in [5.41, 5.74) is 0.517. The summed E-state index contributed by atoms with van der Waals surface area (Å²) in [4.78, 5) is 15.6. The molecule has 1 aromatic carbocycles. The van der Waals surface area contributed by atoms with Gasteiger partial charge in [-0.05, 0) is 30.7 Å². The molecule has 0 saturated carbocycles. The molecule has 3 rings (SSSR count). The van der Waals surface area contributed by atoms with Gasteiger partial charge >= 0.3 is 18.4 Å². The van der Waals surface area contributed by atoms with Crippen LogP contribution in [0.5, 0.6) is 5.75 Å². The van der Waals surface area contributed by atoms with E-state index in [4.69, 9.17) is 0 Å². The number of urea groups is 1. The lowest BCUT2D eigenvalue weighted by Gasteiger charge is -2.20. The molecular weight excluding hydrogens is 394 g/mol. The first-order chi connectivity index (χ1) is 13.0. The van der Waals surface area contributed by atoms with E-state index in [1.807, 2.05) is 0 Å². The van der Waals surface area contributed by atoms with Gasteiger partial charge in [0.25, 0.3) is 0 Å². The van der Waals surface area contributed by atoms with Gasteiger partial charge in [0.1, 0.15) is 12.4 Å². The second-order valence-electron chi connectivity index (χ2n) is 6.83. The average Bonchev–Trinajstić information content (AvgIpc) is 3.11. The molecule has 2 saturated heterocycles. The van der Waals surface area contributed by atoms with Gasteiger partial charge in [0.2, 0.25) is 0 Å². The number of fused-ring (bicyclic) bond motifs is 1. The molecule has 1 aromatic rings. The minimum Gasteiger partial charge on any atom is -0.484 e. The van der Waals surface area contributed by atoms with Gasteiger partial charge in [-0.3, -0.25) is 4.90 Å². The van der Waals surface area contributed by atoms with E-state index in [0.717, 1.165) is 0 Å². The van der Waals surface area contributed by atoms with Gasteiger partial charge in [0.15, 0.2) is 6.61 Å². The Morgan fingerprint density at radius 1 is 0.964 bits per heavy atom. The number of carbonyl (C=O) groups is 1. The number of nitrogens with zero attached hydrogens (tertiary/aromatic N) is 2. The lowest BCUT2D eigenvalue weighted by atomic mass is 10.1. The lowest BCUT2D eigenvalue weighted by Crippen LogP contribution is -2.33. The average molecular weight is 412 g/mol. The maximum absolute atomic E-state index is 12.6. The number of anilines is 1. The van der Waals surface area contributed by atoms with Gasteiger partial charge in [-0.15, -0.1) is 0 Å². The van der Waals surface area contributed by atoms with Gasteiger partial charge < -0.3 is 14.4 Å². The Morgan fingerprint density at radius 3 is 2.18 bits per heavy atom. The molecule has 5 nitrogen and oxygen atoms in total. The Balaban J connectivity index is 1.52. The highest BCUT2D eigenvalue weighted by Crippen LogP contribution is 2.34. The van der Waals surface area contributed by atoms with Gasteiger partial charge in [0, 0.05) is 24.7 Å². The molecule has 0 spiro atoms. The van der Waals surface area contributed by atoms with Crippen molar-refractivity contribution in [2.75, 3.05) is 37.8 Å². The molecule has 11 heteroatoms. The van der Waals surface area contributed by atoms with E-state index in [1.165, 1.54) is 29.2 Å². The summed E-state index contributed by atoms with van der Waals surface area (Å²) >= 11 is 0. The van der Waals surface area contributed by atoms with Crippen molar-refractivity contribution in [3.63, 3.8) is 0 Å². The molecule has 156 valence electrons. The van der Waals surface area contributed by atoms with Crippen molar-refractivity contribution in [2.45, 2.75) is 24.8 Å². The first-order valence-corrected chi connectivity index (χ1v) is 8.54. The molecule has 0 aromatic heterocycles. The third-order valence-electron chi connectivity index (χ3n) is 4.54. The third kappa shape index (κ3) is 5.21. The predicted octanol–water partition coefficient (Wildman–Crippen LogP) is 3.84. The van der Waals surface area contributed by atoms with E-state index in [1.54, 1.807) is 4.90 Å². The molecule has 0 aliphatic carbocycles. The molecular formula is C17H18F6N2O3. The number of hydrogen-bond acceptors (Lipinski definition) is 3. The van der Waals surface area contributed by atoms with Crippen molar-refractivity contribution in [3.05, 3.63) is 24.3 Å². The molecule has 2 heterocycles. The van der Waals surface area contributed by atoms with Crippen LogP contribution in [0.1, 0.15) is 6.42 Å². The number of carbonyl (C=O) groups excluding carboxylic acids is 1. The number of ether oxygens (including phenoxy) is 2. The minimum atomic E-state index is -4.44. The van der Waals surface area contributed by atoms with Crippen LogP contribution in [0.4, 0.5) is 36.8 Å². The Kier molecular flexibility index (Phi) is 5.64. The minimum absolute atomic E-state index is 0.0371. The van der Waals surface area contributed by atoms with Crippen LogP contribution in [-0.4, -0.2) is 62.2 Å². The number of hydrogen-bond donors (Lipinski definition) is 0. The van der Waals surface area contributed by atoms with E-state index >= 15 is 0 Å². The fourth-order valence-electron chi connectivity index (χ4n) is 3.43. The molecule has 2 fully saturated rings. The summed E-state index contributed by atoms with van der Waals surface area (Å²) in [6.07, 6.45) is -8.28. The standard InChI is InChI=1S/C17H18F6N2O3/c18-16(19,20)9-27-8-11-5-13-7-25(15(26)24(13)6-11)12-1-3-14(4-2-12)28-10-17(21,22)23/h1-4,11,13H,5-10H2. The summed E-state index contributed by atoms with van der Waals surface area (Å²) in [6.45, 7) is -2.10. The highest BCUT2D eigenvalue weighted by molar-refractivity contribution is 5.95. The molecule has 2 aliphatic heterocycles. The molecule has 0 bridgehead atoms. The van der Waals surface area contributed by atoms with Crippen molar-refractivity contribution in [1.29, 1.82) is 0 Å². The summed E-state index contributed by atoms with van der Waals surface area (Å²) in [5.74, 6) is -0.119. The summed E-state index contributed by atoms with van der Waals surface area (Å²) in [7, 11) is 0. The molecule has 2 amide bonds. The SMILES string of the molecule is O=C1N(c2ccc(OCC(F)(F)F)cc2)CC2CC(COCC(F)(F)F)CN12. The molecule has 0 radical (unpaired) electrons. The Labute approximate surface area is 156 Å². The zero-order valence-corrected chi connectivity index (χ0v) is 14.6. The van der Waals surface area contributed by atoms with E-state index in [-0.39, 0.29) is 30.3 Å². The lowest BCUT2D eigenvalue weighted by molar-refractivity contribution is -0.176. The first kappa shape index (κ1) is 20.6. The second-order valence-corrected chi connectivity index (χ2v) is 6.83. The summed E-state index contributed by atoms with van der Waals surface area (Å²) in [6, 6.07) is 5.28. The number of alkyl halides is 6. The quantitative estimate of drug-likeness (QED) is 0.667. The van der Waals surface area contributed by atoms with E-state index in [0.29, 0.717) is 25.2 Å². The van der Waals surface area contributed by atoms with Crippen LogP contribution in [0.2, 0.25) is 0 Å². The van der Waals surface area contributed by atoms with Crippen molar-refractivity contribution >= 4 is 11.7 Å². The molecule has 2 unspecified atom stereocenters. The second kappa shape index (κ2) is 7.69. The highest BCUT2D eigenvalue weighted by atomic mass is 19.4. The monoisotopic (exact) mass is 412 g/mol. The largest absolute Gasteiger partial charge is 0.484 e. The van der Waals surface area contributed by atoms with Crippen molar-refractivity contribution in [1.82, 2.24) is 4.90 Å². The van der Waals surface area contributed by atoms with Crippen molar-refractivity contribution in [3.8, 4) is 5.75 Å². The Bertz CT molecular complexity index is 692. The topological polar surface area (TPSA) is 42.0 Å². The smallest absolute Gasteiger partial charge is 0.422 e. The first-order valence-electron chi connectivity index (χ1n) is 8.54. The molecule has 28 heavy (non-hydrogen) atoms. The maximum Gasteiger partial charge on any atom is 0.422 e. The number of benzene rings is 1. The number of halogens is 6. The Morgan fingerprint density at radius 2 is 1.61 bits per heavy atom. The highest BCUT2D eigenvalue weighted by Gasteiger charge is 2.44. The fourth-order valence-corrected chi connectivity index (χ4v) is 3.43. The van der Waals surface area contributed by atoms with Crippen LogP contribution in [0.25, 0.3) is 0 Å². The normalized spacial score (nSPS) is 22.7. The van der Waals surface area contributed by atoms with Crippen LogP contribution in [-0.2, 0) is 4.74 Å². The van der Waals surface area contributed by atoms with Crippen LogP contribution < -0.4 is 9.64 Å². The zero-order valence-electron chi connectivity index (χ0n) is 14.6. The predicted molar refractivity (Wildman–Crippen MR) is 86.2 cm³/mol. The Hall–Kier alpha value is -2.17. The van der Waals surface area contributed by atoms with E-state index < -0.39 is 25.6 Å². The van der Waals surface area contributed by atoms with Crippen LogP contribution in [0.3, 0.4) is 0 Å². The summed E-state index contributed by atoms with van der Waals surface area (Å²) < 4.78 is 82.2. The number of rotatable bonds is 6. The van der Waals surface area contributed by atoms with Crippen LogP contribution >= 0.6 is 0 Å².